The summed E-state index contributed by atoms with van der Waals surface area (Å²) in [6.45, 7) is 0.895. The van der Waals surface area contributed by atoms with E-state index in [0.29, 0.717) is 5.56 Å². The largest absolute Gasteiger partial charge is 0.506 e. The van der Waals surface area contributed by atoms with Crippen molar-refractivity contribution in [1.29, 1.82) is 0 Å². The smallest absolute Gasteiger partial charge is 0.138 e. The Morgan fingerprint density at radius 3 is 3.00 bits per heavy atom. The molecule has 1 aliphatic rings. The fourth-order valence-electron chi connectivity index (χ4n) is 1.96. The van der Waals surface area contributed by atoms with E-state index >= 15 is 0 Å². The van der Waals surface area contributed by atoms with Gasteiger partial charge in [-0.05, 0) is 19.4 Å². The van der Waals surface area contributed by atoms with E-state index < -0.39 is 0 Å². The normalized spacial score (nSPS) is 21.4. The third-order valence-electron chi connectivity index (χ3n) is 2.63. The number of nitrogens with zero attached hydrogens (tertiary/aromatic N) is 1. The molecule has 4 heteroatoms. The van der Waals surface area contributed by atoms with Gasteiger partial charge in [0.05, 0.1) is 12.8 Å². The summed E-state index contributed by atoms with van der Waals surface area (Å²) in [5.41, 5.74) is 1.52. The Bertz CT molecular complexity index is 322. The molecule has 4 nitrogen and oxygen atoms in total. The van der Waals surface area contributed by atoms with E-state index in [2.05, 4.69) is 10.3 Å². The van der Waals surface area contributed by atoms with Crippen LogP contribution < -0.4 is 5.32 Å². The number of rotatable bonds is 2. The van der Waals surface area contributed by atoms with Gasteiger partial charge in [0.25, 0.3) is 0 Å². The molecule has 0 amide bonds. The van der Waals surface area contributed by atoms with Gasteiger partial charge in [0.2, 0.25) is 0 Å². The number of aromatic hydroxyl groups is 1. The van der Waals surface area contributed by atoms with E-state index in [4.69, 9.17) is 5.11 Å². The van der Waals surface area contributed by atoms with E-state index in [-0.39, 0.29) is 18.4 Å². The van der Waals surface area contributed by atoms with E-state index in [1.54, 1.807) is 6.20 Å². The maximum atomic E-state index is 9.67. The van der Waals surface area contributed by atoms with Crippen LogP contribution in [-0.2, 0) is 6.61 Å². The van der Waals surface area contributed by atoms with E-state index in [1.807, 2.05) is 0 Å². The molecule has 3 N–H and O–H groups in total. The molecule has 0 aliphatic carbocycles. The number of nitrogens with one attached hydrogen (secondary N) is 1. The van der Waals surface area contributed by atoms with Crippen molar-refractivity contribution in [1.82, 2.24) is 10.3 Å². The van der Waals surface area contributed by atoms with Crippen molar-refractivity contribution < 1.29 is 10.2 Å². The molecule has 1 saturated heterocycles. The van der Waals surface area contributed by atoms with Crippen LogP contribution in [0.3, 0.4) is 0 Å². The van der Waals surface area contributed by atoms with Crippen molar-refractivity contribution >= 4 is 0 Å². The Morgan fingerprint density at radius 1 is 1.50 bits per heavy atom. The average molecular weight is 194 g/mol. The van der Waals surface area contributed by atoms with Crippen molar-refractivity contribution in [3.05, 3.63) is 23.5 Å². The number of hydrogen-bond donors (Lipinski definition) is 3. The van der Waals surface area contributed by atoms with E-state index in [0.717, 1.165) is 24.9 Å². The molecule has 1 fully saturated rings. The van der Waals surface area contributed by atoms with Gasteiger partial charge in [-0.2, -0.15) is 0 Å². The first-order chi connectivity index (χ1) is 6.83. The van der Waals surface area contributed by atoms with Crippen molar-refractivity contribution in [2.24, 2.45) is 0 Å². The molecule has 1 aromatic heterocycles. The molecule has 0 aromatic carbocycles. The second kappa shape index (κ2) is 3.94. The summed E-state index contributed by atoms with van der Waals surface area (Å²) >= 11 is 0. The molecule has 0 saturated carbocycles. The summed E-state index contributed by atoms with van der Waals surface area (Å²) in [5, 5.41) is 22.1. The lowest BCUT2D eigenvalue weighted by molar-refractivity contribution is 0.277. The summed E-state index contributed by atoms with van der Waals surface area (Å²) in [5.74, 6) is 0.177. The molecule has 1 aliphatic heterocycles. The second-order valence-electron chi connectivity index (χ2n) is 3.54. The lowest BCUT2D eigenvalue weighted by Crippen LogP contribution is -2.15. The highest BCUT2D eigenvalue weighted by Gasteiger charge is 2.22. The zero-order valence-corrected chi connectivity index (χ0v) is 7.90. The highest BCUT2D eigenvalue weighted by Crippen LogP contribution is 2.32. The van der Waals surface area contributed by atoms with Crippen LogP contribution in [0.5, 0.6) is 5.75 Å². The van der Waals surface area contributed by atoms with Gasteiger partial charge in [-0.3, -0.25) is 4.98 Å². The van der Waals surface area contributed by atoms with Gasteiger partial charge in [0.15, 0.2) is 0 Å². The third-order valence-corrected chi connectivity index (χ3v) is 2.63. The number of aliphatic hydroxyl groups excluding tert-OH is 1. The fraction of sp³-hybridized carbons (Fsp3) is 0.500. The van der Waals surface area contributed by atoms with Gasteiger partial charge >= 0.3 is 0 Å². The predicted molar refractivity (Wildman–Crippen MR) is 51.8 cm³/mol. The van der Waals surface area contributed by atoms with Gasteiger partial charge in [-0.1, -0.05) is 0 Å². The maximum Gasteiger partial charge on any atom is 0.138 e. The predicted octanol–water partition coefficient (Wildman–Crippen LogP) is 0.704. The van der Waals surface area contributed by atoms with Crippen LogP contribution in [0.25, 0.3) is 0 Å². The van der Waals surface area contributed by atoms with Crippen molar-refractivity contribution in [3.63, 3.8) is 0 Å². The second-order valence-corrected chi connectivity index (χ2v) is 3.54. The number of aromatic nitrogens is 1. The van der Waals surface area contributed by atoms with Gasteiger partial charge < -0.3 is 15.5 Å². The van der Waals surface area contributed by atoms with E-state index in [1.165, 1.54) is 6.20 Å². The molecule has 2 heterocycles. The first-order valence-corrected chi connectivity index (χ1v) is 4.83. The Labute approximate surface area is 82.6 Å². The molecule has 0 bridgehead atoms. The minimum absolute atomic E-state index is 0.0745. The quantitative estimate of drug-likeness (QED) is 0.648. The van der Waals surface area contributed by atoms with Crippen LogP contribution in [-0.4, -0.2) is 21.7 Å². The Morgan fingerprint density at radius 2 is 2.36 bits per heavy atom. The zero-order chi connectivity index (χ0) is 9.97. The lowest BCUT2D eigenvalue weighted by atomic mass is 10.0. The fourth-order valence-corrected chi connectivity index (χ4v) is 1.96. The Hall–Kier alpha value is -1.13. The van der Waals surface area contributed by atoms with Gasteiger partial charge in [0.1, 0.15) is 5.75 Å². The standard InChI is InChI=1S/C10H14N2O2/c13-6-7-4-11-5-9(14)10(7)8-2-1-3-12-8/h4-5,8,12-14H,1-3,6H2. The van der Waals surface area contributed by atoms with Gasteiger partial charge in [0, 0.05) is 23.4 Å². The number of aliphatic hydroxyl groups is 1. The Kier molecular flexibility index (Phi) is 2.65. The molecule has 0 spiro atoms. The van der Waals surface area contributed by atoms with Gasteiger partial charge in [-0.15, -0.1) is 0 Å². The molecule has 76 valence electrons. The van der Waals surface area contributed by atoms with Crippen LogP contribution in [0.15, 0.2) is 12.4 Å². The molecular weight excluding hydrogens is 180 g/mol. The highest BCUT2D eigenvalue weighted by atomic mass is 16.3. The molecule has 14 heavy (non-hydrogen) atoms. The van der Waals surface area contributed by atoms with Crippen LogP contribution >= 0.6 is 0 Å². The first-order valence-electron chi connectivity index (χ1n) is 4.83. The van der Waals surface area contributed by atoms with Crippen molar-refractivity contribution in [2.75, 3.05) is 6.54 Å². The van der Waals surface area contributed by atoms with Crippen molar-refractivity contribution in [3.8, 4) is 5.75 Å². The molecule has 1 unspecified atom stereocenters. The number of hydrogen-bond acceptors (Lipinski definition) is 4. The van der Waals surface area contributed by atoms with E-state index in [9.17, 15) is 5.11 Å². The Balaban J connectivity index is 2.37. The molecule has 2 rings (SSSR count). The summed E-state index contributed by atoms with van der Waals surface area (Å²) in [4.78, 5) is 3.85. The maximum absolute atomic E-state index is 9.67. The van der Waals surface area contributed by atoms with Crippen molar-refractivity contribution in [2.45, 2.75) is 25.5 Å². The molecule has 1 aromatic rings. The summed E-state index contributed by atoms with van der Waals surface area (Å²) in [6, 6.07) is 0.167. The lowest BCUT2D eigenvalue weighted by Gasteiger charge is -2.15. The summed E-state index contributed by atoms with van der Waals surface area (Å²) in [7, 11) is 0. The molecule has 0 radical (unpaired) electrons. The van der Waals surface area contributed by atoms with Gasteiger partial charge in [-0.25, -0.2) is 0 Å². The minimum Gasteiger partial charge on any atom is -0.506 e. The molecule has 1 atom stereocenters. The third kappa shape index (κ3) is 1.58. The SMILES string of the molecule is OCc1cncc(O)c1C1CCCN1. The first kappa shape index (κ1) is 9.43. The molecular formula is C10H14N2O2. The summed E-state index contributed by atoms with van der Waals surface area (Å²) in [6.07, 6.45) is 5.14. The summed E-state index contributed by atoms with van der Waals surface area (Å²) < 4.78 is 0. The highest BCUT2D eigenvalue weighted by molar-refractivity contribution is 5.38. The van der Waals surface area contributed by atoms with Crippen LogP contribution in [0, 0.1) is 0 Å². The van der Waals surface area contributed by atoms with Crippen LogP contribution in [0.2, 0.25) is 0 Å². The van der Waals surface area contributed by atoms with Crippen LogP contribution in [0.1, 0.15) is 30.0 Å². The van der Waals surface area contributed by atoms with Crippen LogP contribution in [0.4, 0.5) is 0 Å². The average Bonchev–Trinajstić information content (AvgIpc) is 2.70. The zero-order valence-electron chi connectivity index (χ0n) is 7.90. The minimum atomic E-state index is -0.0745. The monoisotopic (exact) mass is 194 g/mol. The number of pyridine rings is 1. The topological polar surface area (TPSA) is 65.4 Å².